The van der Waals surface area contributed by atoms with Crippen molar-refractivity contribution in [1.82, 2.24) is 0 Å². The summed E-state index contributed by atoms with van der Waals surface area (Å²) in [7, 11) is 0. The minimum Gasteiger partial charge on any atom is -0.369 e. The van der Waals surface area contributed by atoms with Crippen molar-refractivity contribution in [2.45, 2.75) is 19.8 Å². The van der Waals surface area contributed by atoms with Crippen LogP contribution < -0.4 is 10.2 Å². The van der Waals surface area contributed by atoms with Crippen LogP contribution in [-0.2, 0) is 4.79 Å². The fourth-order valence-electron chi connectivity index (χ4n) is 2.17. The molecule has 1 aromatic rings. The third-order valence-corrected chi connectivity index (χ3v) is 3.30. The summed E-state index contributed by atoms with van der Waals surface area (Å²) in [6.07, 6.45) is 2.76. The largest absolute Gasteiger partial charge is 0.369 e. The molecule has 3 nitrogen and oxygen atoms in total. The molecule has 4 heteroatoms. The molecule has 0 radical (unpaired) electrons. The number of anilines is 2. The van der Waals surface area contributed by atoms with E-state index in [0.29, 0.717) is 17.8 Å². The van der Waals surface area contributed by atoms with Gasteiger partial charge in [-0.1, -0.05) is 6.92 Å². The molecule has 0 unspecified atom stereocenters. The molecule has 1 heterocycles. The molecule has 2 rings (SSSR count). The highest BCUT2D eigenvalue weighted by Crippen LogP contribution is 2.27. The van der Waals surface area contributed by atoms with Gasteiger partial charge < -0.3 is 10.2 Å². The molecular weight excluding hydrogens is 219 g/mol. The van der Waals surface area contributed by atoms with Gasteiger partial charge in [0.15, 0.2) is 0 Å². The minimum absolute atomic E-state index is 0.272. The quantitative estimate of drug-likeness (QED) is 0.818. The van der Waals surface area contributed by atoms with Crippen molar-refractivity contribution in [2.24, 2.45) is 5.92 Å². The van der Waals surface area contributed by atoms with Crippen molar-refractivity contribution in [3.05, 3.63) is 24.0 Å². The second-order valence-electron chi connectivity index (χ2n) is 4.60. The average molecular weight is 236 g/mol. The molecule has 1 fully saturated rings. The summed E-state index contributed by atoms with van der Waals surface area (Å²) in [4.78, 5) is 12.3. The number of halogens is 1. The molecule has 1 aliphatic rings. The molecule has 1 aliphatic heterocycles. The number of carbonyl (C=O) groups is 1. The van der Waals surface area contributed by atoms with Crippen LogP contribution in [0.15, 0.2) is 18.2 Å². The molecule has 0 saturated carbocycles. The van der Waals surface area contributed by atoms with E-state index in [2.05, 4.69) is 17.1 Å². The second kappa shape index (κ2) is 5.17. The first-order valence-electron chi connectivity index (χ1n) is 5.95. The molecule has 1 aromatic carbocycles. The standard InChI is InChI=1S/C13H17FN2O/c1-10-4-6-16(7-5-10)13-3-2-11(15-9-17)8-12(13)14/h2-3,8-10H,4-7H2,1H3,(H,15,17). The van der Waals surface area contributed by atoms with Gasteiger partial charge in [-0.3, -0.25) is 4.79 Å². The number of piperidine rings is 1. The number of amides is 1. The van der Waals surface area contributed by atoms with Crippen molar-refractivity contribution in [2.75, 3.05) is 23.3 Å². The lowest BCUT2D eigenvalue weighted by molar-refractivity contribution is -0.105. The van der Waals surface area contributed by atoms with Crippen molar-refractivity contribution in [3.8, 4) is 0 Å². The van der Waals surface area contributed by atoms with Crippen molar-refractivity contribution >= 4 is 17.8 Å². The van der Waals surface area contributed by atoms with E-state index in [4.69, 9.17) is 0 Å². The normalized spacial score (nSPS) is 16.9. The Morgan fingerprint density at radius 3 is 2.71 bits per heavy atom. The molecule has 0 bridgehead atoms. The van der Waals surface area contributed by atoms with E-state index in [1.54, 1.807) is 12.1 Å². The van der Waals surface area contributed by atoms with Crippen LogP contribution in [0, 0.1) is 11.7 Å². The zero-order chi connectivity index (χ0) is 12.3. The van der Waals surface area contributed by atoms with Crippen LogP contribution >= 0.6 is 0 Å². The first-order chi connectivity index (χ1) is 8.20. The average Bonchev–Trinajstić information content (AvgIpc) is 2.31. The molecule has 0 aliphatic carbocycles. The molecule has 0 aromatic heterocycles. The van der Waals surface area contributed by atoms with Crippen LogP contribution in [0.5, 0.6) is 0 Å². The van der Waals surface area contributed by atoms with Crippen molar-refractivity contribution < 1.29 is 9.18 Å². The summed E-state index contributed by atoms with van der Waals surface area (Å²) in [5.74, 6) is 0.455. The summed E-state index contributed by atoms with van der Waals surface area (Å²) < 4.78 is 13.9. The van der Waals surface area contributed by atoms with Gasteiger partial charge in [-0.25, -0.2) is 4.39 Å². The van der Waals surface area contributed by atoms with Gasteiger partial charge in [-0.15, -0.1) is 0 Å². The van der Waals surface area contributed by atoms with Gasteiger partial charge >= 0.3 is 0 Å². The summed E-state index contributed by atoms with van der Waals surface area (Å²) in [5, 5.41) is 2.45. The Labute approximate surface area is 101 Å². The molecule has 92 valence electrons. The summed E-state index contributed by atoms with van der Waals surface area (Å²) >= 11 is 0. The highest BCUT2D eigenvalue weighted by atomic mass is 19.1. The number of nitrogens with zero attached hydrogens (tertiary/aromatic N) is 1. The molecular formula is C13H17FN2O. The Morgan fingerprint density at radius 1 is 1.41 bits per heavy atom. The second-order valence-corrected chi connectivity index (χ2v) is 4.60. The Hall–Kier alpha value is -1.58. The Morgan fingerprint density at radius 2 is 2.12 bits per heavy atom. The van der Waals surface area contributed by atoms with Gasteiger partial charge in [0, 0.05) is 18.8 Å². The first kappa shape index (κ1) is 11.9. The lowest BCUT2D eigenvalue weighted by atomic mass is 9.99. The number of hydrogen-bond acceptors (Lipinski definition) is 2. The van der Waals surface area contributed by atoms with Gasteiger partial charge in [0.25, 0.3) is 0 Å². The van der Waals surface area contributed by atoms with Gasteiger partial charge in [0.1, 0.15) is 5.82 Å². The van der Waals surface area contributed by atoms with E-state index in [0.717, 1.165) is 31.8 Å². The van der Waals surface area contributed by atoms with E-state index >= 15 is 0 Å². The van der Waals surface area contributed by atoms with Crippen LogP contribution in [0.1, 0.15) is 19.8 Å². The van der Waals surface area contributed by atoms with E-state index < -0.39 is 0 Å². The number of rotatable bonds is 3. The highest BCUT2D eigenvalue weighted by molar-refractivity contribution is 5.72. The fourth-order valence-corrected chi connectivity index (χ4v) is 2.17. The fraction of sp³-hybridized carbons (Fsp3) is 0.462. The Balaban J connectivity index is 2.13. The van der Waals surface area contributed by atoms with Gasteiger partial charge in [-0.2, -0.15) is 0 Å². The van der Waals surface area contributed by atoms with Crippen LogP contribution in [0.4, 0.5) is 15.8 Å². The molecule has 0 atom stereocenters. The lowest BCUT2D eigenvalue weighted by Crippen LogP contribution is -2.33. The molecule has 1 N–H and O–H groups in total. The maximum absolute atomic E-state index is 13.9. The molecule has 0 spiro atoms. The van der Waals surface area contributed by atoms with Gasteiger partial charge in [0.2, 0.25) is 6.41 Å². The zero-order valence-electron chi connectivity index (χ0n) is 9.95. The van der Waals surface area contributed by atoms with E-state index in [-0.39, 0.29) is 5.82 Å². The van der Waals surface area contributed by atoms with E-state index in [9.17, 15) is 9.18 Å². The predicted molar refractivity (Wildman–Crippen MR) is 66.7 cm³/mol. The van der Waals surface area contributed by atoms with Crippen molar-refractivity contribution in [3.63, 3.8) is 0 Å². The third-order valence-electron chi connectivity index (χ3n) is 3.30. The number of benzene rings is 1. The van der Waals surface area contributed by atoms with Gasteiger partial charge in [-0.05, 0) is 37.0 Å². The number of nitrogens with one attached hydrogen (secondary N) is 1. The number of carbonyl (C=O) groups excluding carboxylic acids is 1. The molecule has 17 heavy (non-hydrogen) atoms. The maximum Gasteiger partial charge on any atom is 0.211 e. The lowest BCUT2D eigenvalue weighted by Gasteiger charge is -2.32. The van der Waals surface area contributed by atoms with Crippen LogP contribution in [0.2, 0.25) is 0 Å². The smallest absolute Gasteiger partial charge is 0.211 e. The third kappa shape index (κ3) is 2.75. The monoisotopic (exact) mass is 236 g/mol. The topological polar surface area (TPSA) is 32.3 Å². The SMILES string of the molecule is CC1CCN(c2ccc(NC=O)cc2F)CC1. The van der Waals surface area contributed by atoms with Crippen LogP contribution in [-0.4, -0.2) is 19.5 Å². The highest BCUT2D eigenvalue weighted by Gasteiger charge is 2.18. The zero-order valence-corrected chi connectivity index (χ0v) is 9.95. The maximum atomic E-state index is 13.9. The minimum atomic E-state index is -0.272. The molecule has 1 amide bonds. The van der Waals surface area contributed by atoms with E-state index in [1.165, 1.54) is 6.07 Å². The van der Waals surface area contributed by atoms with E-state index in [1.807, 2.05) is 0 Å². The first-order valence-corrected chi connectivity index (χ1v) is 5.95. The Kier molecular flexibility index (Phi) is 3.61. The van der Waals surface area contributed by atoms with Crippen molar-refractivity contribution in [1.29, 1.82) is 0 Å². The Bertz CT molecular complexity index is 400. The summed E-state index contributed by atoms with van der Waals surface area (Å²) in [5.41, 5.74) is 1.12. The number of hydrogen-bond donors (Lipinski definition) is 1. The molecule has 1 saturated heterocycles. The van der Waals surface area contributed by atoms with Gasteiger partial charge in [0.05, 0.1) is 5.69 Å². The summed E-state index contributed by atoms with van der Waals surface area (Å²) in [6, 6.07) is 4.82. The van der Waals surface area contributed by atoms with Crippen LogP contribution in [0.25, 0.3) is 0 Å². The van der Waals surface area contributed by atoms with Crippen LogP contribution in [0.3, 0.4) is 0 Å². The summed E-state index contributed by atoms with van der Waals surface area (Å²) in [6.45, 7) is 4.03. The predicted octanol–water partition coefficient (Wildman–Crippen LogP) is 2.63.